The maximum atomic E-state index is 6.07. The number of methoxy groups -OCH3 is 1. The molecule has 0 N–H and O–H groups in total. The highest BCUT2D eigenvalue weighted by atomic mass is 35.5. The summed E-state index contributed by atoms with van der Waals surface area (Å²) < 4.78 is 7.61. The van der Waals surface area contributed by atoms with Crippen LogP contribution in [0.3, 0.4) is 0 Å². The third kappa shape index (κ3) is 2.44. The van der Waals surface area contributed by atoms with Crippen LogP contribution in [-0.4, -0.2) is 16.7 Å². The Morgan fingerprint density at radius 1 is 1.37 bits per heavy atom. The Labute approximate surface area is 119 Å². The van der Waals surface area contributed by atoms with Crippen LogP contribution in [-0.2, 0) is 5.88 Å². The predicted molar refractivity (Wildman–Crippen MR) is 80.0 cm³/mol. The molecule has 1 aromatic heterocycles. The molecule has 3 nitrogen and oxygen atoms in total. The highest BCUT2D eigenvalue weighted by Crippen LogP contribution is 2.36. The van der Waals surface area contributed by atoms with Crippen LogP contribution in [0.5, 0.6) is 5.75 Å². The largest absolute Gasteiger partial charge is 0.494 e. The van der Waals surface area contributed by atoms with E-state index in [1.807, 2.05) is 12.1 Å². The molecule has 0 fully saturated rings. The van der Waals surface area contributed by atoms with Gasteiger partial charge in [0.05, 0.1) is 18.5 Å². The lowest BCUT2D eigenvalue weighted by molar-refractivity contribution is 0.264. The summed E-state index contributed by atoms with van der Waals surface area (Å²) in [4.78, 5) is 4.64. The highest BCUT2D eigenvalue weighted by Gasteiger charge is 2.26. The van der Waals surface area contributed by atoms with E-state index in [0.717, 1.165) is 22.6 Å². The van der Waals surface area contributed by atoms with E-state index in [1.54, 1.807) is 7.11 Å². The molecule has 1 heterocycles. The zero-order valence-corrected chi connectivity index (χ0v) is 13.0. The molecule has 0 radical (unpaired) electrons. The normalized spacial score (nSPS) is 13.8. The molecule has 0 aliphatic carbocycles. The molecule has 0 bridgehead atoms. The smallest absolute Gasteiger partial charge is 0.146 e. The van der Waals surface area contributed by atoms with Gasteiger partial charge in [-0.05, 0) is 24.5 Å². The van der Waals surface area contributed by atoms with Gasteiger partial charge in [0.1, 0.15) is 17.1 Å². The van der Waals surface area contributed by atoms with E-state index in [1.165, 1.54) is 0 Å². The van der Waals surface area contributed by atoms with Crippen molar-refractivity contribution < 1.29 is 4.74 Å². The van der Waals surface area contributed by atoms with E-state index < -0.39 is 0 Å². The van der Waals surface area contributed by atoms with Gasteiger partial charge in [0.2, 0.25) is 0 Å². The van der Waals surface area contributed by atoms with E-state index in [2.05, 4.69) is 43.3 Å². The summed E-state index contributed by atoms with van der Waals surface area (Å²) in [6.07, 6.45) is 0. The number of alkyl halides is 1. The second-order valence-electron chi connectivity index (χ2n) is 5.90. The first-order valence-corrected chi connectivity index (χ1v) is 7.03. The second kappa shape index (κ2) is 5.04. The number of benzene rings is 1. The number of aromatic nitrogens is 2. The van der Waals surface area contributed by atoms with Gasteiger partial charge < -0.3 is 9.30 Å². The molecule has 0 amide bonds. The Hall–Kier alpha value is -1.22. The topological polar surface area (TPSA) is 27.1 Å². The molecule has 2 rings (SSSR count). The zero-order chi connectivity index (χ0) is 14.2. The summed E-state index contributed by atoms with van der Waals surface area (Å²) in [5.74, 6) is 2.09. The Kier molecular flexibility index (Phi) is 3.77. The Morgan fingerprint density at radius 2 is 2.05 bits per heavy atom. The van der Waals surface area contributed by atoms with Crippen molar-refractivity contribution in [1.29, 1.82) is 0 Å². The molecule has 0 saturated heterocycles. The average molecular weight is 281 g/mol. The van der Waals surface area contributed by atoms with Gasteiger partial charge in [-0.3, -0.25) is 0 Å². The van der Waals surface area contributed by atoms with Crippen molar-refractivity contribution >= 4 is 22.6 Å². The van der Waals surface area contributed by atoms with Crippen molar-refractivity contribution in [2.24, 2.45) is 5.41 Å². The molecule has 1 aromatic carbocycles. The first-order chi connectivity index (χ1) is 8.90. The van der Waals surface area contributed by atoms with Crippen molar-refractivity contribution in [2.45, 2.75) is 39.6 Å². The van der Waals surface area contributed by atoms with E-state index >= 15 is 0 Å². The molecular formula is C15H21ClN2O. The zero-order valence-electron chi connectivity index (χ0n) is 12.2. The summed E-state index contributed by atoms with van der Waals surface area (Å²) >= 11 is 6.07. The molecular weight excluding hydrogens is 260 g/mol. The predicted octanol–water partition coefficient (Wildman–Crippen LogP) is 4.39. The van der Waals surface area contributed by atoms with Gasteiger partial charge in [0, 0.05) is 6.04 Å². The third-order valence-corrected chi connectivity index (χ3v) is 3.98. The summed E-state index contributed by atoms with van der Waals surface area (Å²) in [7, 11) is 1.67. The summed E-state index contributed by atoms with van der Waals surface area (Å²) in [6, 6.07) is 6.30. The van der Waals surface area contributed by atoms with Crippen LogP contribution in [0, 0.1) is 5.41 Å². The molecule has 0 aliphatic heterocycles. The minimum atomic E-state index is 0.136. The van der Waals surface area contributed by atoms with E-state index in [-0.39, 0.29) is 5.41 Å². The van der Waals surface area contributed by atoms with Crippen LogP contribution in [0.15, 0.2) is 18.2 Å². The fraction of sp³-hybridized carbons (Fsp3) is 0.533. The maximum absolute atomic E-state index is 6.07. The quantitative estimate of drug-likeness (QED) is 0.780. The molecule has 2 aromatic rings. The first kappa shape index (κ1) is 14.2. The van der Waals surface area contributed by atoms with Gasteiger partial charge in [0.25, 0.3) is 0 Å². The summed E-state index contributed by atoms with van der Waals surface area (Å²) in [6.45, 7) is 8.88. The van der Waals surface area contributed by atoms with E-state index in [4.69, 9.17) is 16.3 Å². The van der Waals surface area contributed by atoms with Crippen LogP contribution < -0.4 is 4.74 Å². The number of hydrogen-bond acceptors (Lipinski definition) is 2. The number of rotatable bonds is 3. The standard InChI is InChI=1S/C15H21ClN2O/c1-10(15(2,3)4)18-11-7-6-8-12(19-5)14(11)17-13(18)9-16/h6-8,10H,9H2,1-5H3. The third-order valence-electron chi connectivity index (χ3n) is 3.74. The monoisotopic (exact) mass is 280 g/mol. The Morgan fingerprint density at radius 3 is 2.58 bits per heavy atom. The minimum absolute atomic E-state index is 0.136. The lowest BCUT2D eigenvalue weighted by Crippen LogP contribution is -2.22. The van der Waals surface area contributed by atoms with Crippen LogP contribution in [0.25, 0.3) is 11.0 Å². The average Bonchev–Trinajstić information content (AvgIpc) is 2.74. The number of nitrogens with zero attached hydrogens (tertiary/aromatic N) is 2. The number of hydrogen-bond donors (Lipinski definition) is 0. The molecule has 19 heavy (non-hydrogen) atoms. The van der Waals surface area contributed by atoms with Gasteiger partial charge >= 0.3 is 0 Å². The maximum Gasteiger partial charge on any atom is 0.146 e. The number of imidazole rings is 1. The number of fused-ring (bicyclic) bond motifs is 1. The van der Waals surface area contributed by atoms with Crippen LogP contribution in [0.1, 0.15) is 39.6 Å². The molecule has 0 saturated carbocycles. The summed E-state index contributed by atoms with van der Waals surface area (Å²) in [5.41, 5.74) is 2.10. The lowest BCUT2D eigenvalue weighted by atomic mass is 9.87. The van der Waals surface area contributed by atoms with Gasteiger partial charge in [0.15, 0.2) is 0 Å². The van der Waals surface area contributed by atoms with Crippen LogP contribution >= 0.6 is 11.6 Å². The van der Waals surface area contributed by atoms with E-state index in [9.17, 15) is 0 Å². The molecule has 1 atom stereocenters. The van der Waals surface area contributed by atoms with Gasteiger partial charge in [-0.1, -0.05) is 26.8 Å². The SMILES string of the molecule is COc1cccc2c1nc(CCl)n2C(C)C(C)(C)C. The molecule has 1 unspecified atom stereocenters. The number of halogens is 1. The van der Waals surface area contributed by atoms with Crippen LogP contribution in [0.4, 0.5) is 0 Å². The lowest BCUT2D eigenvalue weighted by Gasteiger charge is -2.30. The molecule has 4 heteroatoms. The van der Waals surface area contributed by atoms with Crippen molar-refractivity contribution in [1.82, 2.24) is 9.55 Å². The molecule has 0 aliphatic rings. The molecule has 104 valence electrons. The van der Waals surface area contributed by atoms with Gasteiger partial charge in [-0.2, -0.15) is 0 Å². The Bertz CT molecular complexity index is 584. The number of para-hydroxylation sites is 1. The Balaban J connectivity index is 2.72. The van der Waals surface area contributed by atoms with Crippen molar-refractivity contribution in [3.8, 4) is 5.75 Å². The first-order valence-electron chi connectivity index (χ1n) is 6.50. The molecule has 0 spiro atoms. The van der Waals surface area contributed by atoms with Crippen LogP contribution in [0.2, 0.25) is 0 Å². The number of ether oxygens (including phenoxy) is 1. The van der Waals surface area contributed by atoms with Crippen molar-refractivity contribution in [2.75, 3.05) is 7.11 Å². The minimum Gasteiger partial charge on any atom is -0.494 e. The van der Waals surface area contributed by atoms with Gasteiger partial charge in [-0.25, -0.2) is 4.98 Å². The fourth-order valence-electron chi connectivity index (χ4n) is 2.22. The van der Waals surface area contributed by atoms with Crippen molar-refractivity contribution in [3.05, 3.63) is 24.0 Å². The highest BCUT2D eigenvalue weighted by molar-refractivity contribution is 6.16. The van der Waals surface area contributed by atoms with Crippen molar-refractivity contribution in [3.63, 3.8) is 0 Å². The van der Waals surface area contributed by atoms with Gasteiger partial charge in [-0.15, -0.1) is 11.6 Å². The summed E-state index contributed by atoms with van der Waals surface area (Å²) in [5, 5.41) is 0. The fourth-order valence-corrected chi connectivity index (χ4v) is 2.41. The second-order valence-corrected chi connectivity index (χ2v) is 6.17. The van der Waals surface area contributed by atoms with E-state index in [0.29, 0.717) is 11.9 Å².